The summed E-state index contributed by atoms with van der Waals surface area (Å²) in [6.45, 7) is 8.32. The van der Waals surface area contributed by atoms with Crippen LogP contribution >= 0.6 is 0 Å². The first-order valence-corrected chi connectivity index (χ1v) is 42.7. The predicted octanol–water partition coefficient (Wildman–Crippen LogP) is 13.2. The third-order valence-electron chi connectivity index (χ3n) is 23.5. The highest BCUT2D eigenvalue weighted by Gasteiger charge is 2.64. The molecule has 6 aromatic rings. The number of carboxylic acids is 2. The summed E-state index contributed by atoms with van der Waals surface area (Å²) in [5.74, 6) is -13.7. The van der Waals surface area contributed by atoms with Crippen LogP contribution in [0, 0.1) is 46.5 Å². The Kier molecular flexibility index (Phi) is 34.8. The van der Waals surface area contributed by atoms with Crippen molar-refractivity contribution in [1.82, 2.24) is 51.1 Å². The first-order valence-electron chi connectivity index (χ1n) is 43.4. The van der Waals surface area contributed by atoms with Gasteiger partial charge in [0.05, 0.1) is 28.8 Å². The van der Waals surface area contributed by atoms with Crippen LogP contribution in [0.3, 0.4) is 0 Å². The highest BCUT2D eigenvalue weighted by Crippen LogP contribution is 2.52. The summed E-state index contributed by atoms with van der Waals surface area (Å²) >= 11 is 0. The van der Waals surface area contributed by atoms with Gasteiger partial charge in [-0.2, -0.15) is 13.2 Å². The lowest BCUT2D eigenvalue weighted by Crippen LogP contribution is -2.46. The van der Waals surface area contributed by atoms with Gasteiger partial charge in [-0.3, -0.25) is 43.2 Å². The fourth-order valence-electron chi connectivity index (χ4n) is 17.3. The molecule has 10 aliphatic rings. The number of nitrogens with zero attached hydrogens (tertiary/aromatic N) is 5. The van der Waals surface area contributed by atoms with Crippen LogP contribution in [0.15, 0.2) is 84.9 Å². The van der Waals surface area contributed by atoms with Gasteiger partial charge in [0.1, 0.15) is 55.0 Å². The molecule has 16 rings (SSSR count). The number of likely N-dealkylation sites (tertiary alicyclic amines) is 1. The van der Waals surface area contributed by atoms with E-state index in [1.807, 2.05) is 0 Å². The molecule has 4 spiro atoms. The number of aliphatic carboxylic acids is 2. The van der Waals surface area contributed by atoms with Gasteiger partial charge < -0.3 is 86.6 Å². The first-order chi connectivity index (χ1) is 65.8. The molecule has 8 atom stereocenters. The van der Waals surface area contributed by atoms with E-state index < -0.39 is 215 Å². The zero-order valence-corrected chi connectivity index (χ0v) is 75.8. The minimum absolute atomic E-state index is 0. The molecule has 6 heterocycles. The van der Waals surface area contributed by atoms with Crippen molar-refractivity contribution in [3.05, 3.63) is 187 Å². The van der Waals surface area contributed by atoms with E-state index in [4.69, 9.17) is 40.1 Å². The van der Waals surface area contributed by atoms with E-state index in [9.17, 15) is 121 Å². The number of ether oxygens (including phenoxy) is 5. The molecule has 0 saturated carbocycles. The number of urea groups is 4. The summed E-state index contributed by atoms with van der Waals surface area (Å²) in [5.41, 5.74) is -5.38. The molecule has 0 aromatic heterocycles. The number of nitrogens with one attached hydrogen (secondary N) is 9. The lowest BCUT2D eigenvalue weighted by Gasteiger charge is -2.30. The first kappa shape index (κ1) is 110. The van der Waals surface area contributed by atoms with E-state index in [2.05, 4.69) is 54.8 Å². The normalized spacial score (nSPS) is 21.5. The fourth-order valence-corrected chi connectivity index (χ4v) is 17.3. The Labute approximate surface area is 799 Å². The number of imide groups is 4. The maximum Gasteiger partial charge on any atom is 0.446 e. The van der Waals surface area contributed by atoms with Gasteiger partial charge in [0, 0.05) is 95.6 Å². The third-order valence-corrected chi connectivity index (χ3v) is 23.5. The number of aldehydes is 1. The van der Waals surface area contributed by atoms with Crippen molar-refractivity contribution in [3.8, 4) is 0 Å². The number of alkyl halides is 3. The summed E-state index contributed by atoms with van der Waals surface area (Å²) in [4.78, 5) is 206. The monoisotopic (exact) mass is 2000 g/mol. The van der Waals surface area contributed by atoms with E-state index in [1.165, 1.54) is 99.8 Å². The van der Waals surface area contributed by atoms with E-state index in [0.717, 1.165) is 30.5 Å². The van der Waals surface area contributed by atoms with Crippen LogP contribution < -0.4 is 47.9 Å². The fraction of sp³-hybridized carbons (Fsp3) is 0.424. The number of hydrogen-bond donors (Lipinski definition) is 11. The molecular weight excluding hydrogens is 1890 g/mol. The molecular formula is C92H103F11N14O24. The molecule has 4 aliphatic carbocycles. The largest absolute Gasteiger partial charge is 0.480 e. The molecule has 11 N–H and O–H groups in total. The number of carbonyl (C=O) groups is 17. The summed E-state index contributed by atoms with van der Waals surface area (Å²) in [7, 11) is 5.53. The quantitative estimate of drug-likeness (QED) is 0.0209. The number of hydrogen-bond acceptors (Lipinski definition) is 23. The molecule has 0 bridgehead atoms. The maximum absolute atomic E-state index is 15.1. The molecule has 6 aromatic carbocycles. The van der Waals surface area contributed by atoms with Crippen molar-refractivity contribution in [2.75, 3.05) is 75.6 Å². The predicted molar refractivity (Wildman–Crippen MR) is 474 cm³/mol. The number of carboxylic acid groups (broad SMARTS) is 2. The molecule has 6 saturated heterocycles. The van der Waals surface area contributed by atoms with Crippen LogP contribution in [0.4, 0.5) is 109 Å². The molecule has 17 amide bonds. The zero-order valence-electron chi connectivity index (χ0n) is 76.8. The van der Waals surface area contributed by atoms with Crippen molar-refractivity contribution in [3.63, 3.8) is 0 Å². The Bertz CT molecular complexity index is 5870. The van der Waals surface area contributed by atoms with Crippen molar-refractivity contribution in [2.24, 2.45) is 0 Å². The van der Waals surface area contributed by atoms with E-state index in [0.29, 0.717) is 50.9 Å². The average molecular weight is 2000 g/mol. The van der Waals surface area contributed by atoms with E-state index >= 15 is 4.39 Å². The standard InChI is InChI=1S/C26H25F3N4O5.C19H22FN3O6.2C15H14FN3O6.C11H13F2N.C2HF3O.C2H6.2CH4/c1-13-3-8-20(14-4-6-17(27)18(28)11-14)33(13)21(34)12-32-23(35)26(38-25(32)37)10-9-15-16(26)5-7-19(22(15)29)31-24(36)30-2;1-18(2,3)28-13(24)9-23-15(25)19(29-17(23)27)8-7-10-11(19)5-6-12(14(10)20)22-16(26)21-4;2*1-17-13(23)18-9-3-2-8-7(11(9)16)4-5-15(8)12(22)19(6-10(20)21)14(24)25-15;1-7-2-5-11(14-7)8-3-4-9(12)10(13)6-8;3-2(4,5)1-6;1-2;;/h4-7,11,13,20H,3,8-10,12H2,1-2H3,(H2,30,31,36);5-6H,7-9H2,1-4H3,(H2,21,22,26);2*2-3H,4-6H2,1H3,(H,20,21)(H2,17,18,23);3-4,6-7,11,14H,2,5H2,1H3;1H;1-2H3;2*1H4/t13-,20-,26+;19-;2*15-;7-,11-;;;;/m01110..../s1/i;;;;;;1D;;. The van der Waals surface area contributed by atoms with Crippen LogP contribution in [0.5, 0.6) is 0 Å². The van der Waals surface area contributed by atoms with Gasteiger partial charge in [-0.1, -0.05) is 65.1 Å². The van der Waals surface area contributed by atoms with Crippen molar-refractivity contribution < 1.29 is 165 Å². The van der Waals surface area contributed by atoms with Gasteiger partial charge >= 0.3 is 72.6 Å². The van der Waals surface area contributed by atoms with Crippen LogP contribution in [0.1, 0.15) is 184 Å². The molecule has 0 radical (unpaired) electrons. The molecule has 6 aliphatic heterocycles. The second-order valence-electron chi connectivity index (χ2n) is 33.3. The van der Waals surface area contributed by atoms with E-state index in [-0.39, 0.29) is 146 Å². The number of halogens is 11. The highest BCUT2D eigenvalue weighted by molar-refractivity contribution is 6.10. The number of fused-ring (bicyclic) bond motifs is 8. The summed E-state index contributed by atoms with van der Waals surface area (Å²) in [6, 6.07) is 15.7. The molecule has 38 nitrogen and oxygen atoms in total. The average Bonchev–Trinajstić information content (AvgIpc) is 1.58. The Morgan fingerprint density at radius 1 is 0.461 bits per heavy atom. The number of esters is 1. The molecule has 141 heavy (non-hydrogen) atoms. The molecule has 49 heteroatoms. The van der Waals surface area contributed by atoms with E-state index in [1.54, 1.807) is 40.7 Å². The number of amides is 17. The van der Waals surface area contributed by atoms with Crippen molar-refractivity contribution in [1.29, 1.82) is 0 Å². The third kappa shape index (κ3) is 23.2. The van der Waals surface area contributed by atoms with Crippen molar-refractivity contribution >= 4 is 125 Å². The summed E-state index contributed by atoms with van der Waals surface area (Å²) in [6.07, 6.45) is -6.26. The molecule has 0 unspecified atom stereocenters. The van der Waals surface area contributed by atoms with Crippen LogP contribution in [0.2, 0.25) is 0 Å². The van der Waals surface area contributed by atoms with Gasteiger partial charge in [-0.15, -0.1) is 0 Å². The second-order valence-corrected chi connectivity index (χ2v) is 33.3. The summed E-state index contributed by atoms with van der Waals surface area (Å²) in [5, 5.41) is 39.5. The molecule has 6 fully saturated rings. The van der Waals surface area contributed by atoms with Gasteiger partial charge in [-0.05, 0) is 168 Å². The number of rotatable bonds is 14. The smallest absolute Gasteiger partial charge is 0.446 e. The number of anilines is 4. The zero-order chi connectivity index (χ0) is 104. The van der Waals surface area contributed by atoms with Gasteiger partial charge in [0.15, 0.2) is 23.3 Å². The Morgan fingerprint density at radius 3 is 1.04 bits per heavy atom. The number of benzene rings is 6. The van der Waals surface area contributed by atoms with Gasteiger partial charge in [-0.25, -0.2) is 93.1 Å². The Balaban J connectivity index is 0.000000217. The lowest BCUT2D eigenvalue weighted by molar-refractivity contribution is -0.157. The lowest BCUT2D eigenvalue weighted by atomic mass is 9.94. The minimum Gasteiger partial charge on any atom is -0.480 e. The summed E-state index contributed by atoms with van der Waals surface area (Å²) < 4.78 is 176. The Morgan fingerprint density at radius 2 is 0.759 bits per heavy atom. The topological polar surface area (TPSA) is 501 Å². The van der Waals surface area contributed by atoms with Crippen LogP contribution in [0.25, 0.3) is 0 Å². The highest BCUT2D eigenvalue weighted by atomic mass is 19.4. The number of carbonyl (C=O) groups excluding carboxylic acids is 15. The second kappa shape index (κ2) is 44.8. The van der Waals surface area contributed by atoms with Gasteiger partial charge in [0.25, 0.3) is 23.6 Å². The van der Waals surface area contributed by atoms with Gasteiger partial charge in [0.2, 0.25) is 34.6 Å². The maximum atomic E-state index is 15.1. The van der Waals surface area contributed by atoms with Crippen molar-refractivity contribution in [2.45, 2.75) is 199 Å². The van der Waals surface area contributed by atoms with Crippen LogP contribution in [-0.2, 0) is 115 Å². The van der Waals surface area contributed by atoms with Crippen LogP contribution in [-0.4, -0.2) is 215 Å². The Hall–Kier alpha value is -15.1. The molecule has 762 valence electrons. The minimum atomic E-state index is -4.64. The SMILES string of the molecule is C.C.CNC(=O)Nc1ccc2c(c1F)CC[C@@]21OC(=O)N(CC(=O)N2[C@@H](C)CC[C@H]2c2ccc(F)c(F)c2)C1=O.CNC(=O)Nc1ccc2c(c1F)CC[C@@]21OC(=O)N(CC(=O)O)C1=O.CNC(=O)Nc1ccc2c(c1F)CC[C@@]21OC(=O)N(CC(=O)O)C1=O.CNC(=O)Nc1ccc2c(c1F)CC[C@@]21OC(=O)N(CC(=O)OC(C)(C)C)C1=O.C[C@H]1CC[C@@H](c2ccc(F)c(F)c2)N1.O=CC(F)(F)F.[2H]CC.